The third-order valence-electron chi connectivity index (χ3n) is 4.21. The maximum atomic E-state index is 13.7. The van der Waals surface area contributed by atoms with E-state index < -0.39 is 17.7 Å². The molecule has 0 saturated heterocycles. The van der Waals surface area contributed by atoms with Gasteiger partial charge in [0.15, 0.2) is 0 Å². The number of amides is 1. The lowest BCUT2D eigenvalue weighted by Crippen LogP contribution is -2.14. The third kappa shape index (κ3) is 6.85. The average molecular weight is 371 g/mol. The van der Waals surface area contributed by atoms with E-state index in [0.29, 0.717) is 12.2 Å². The number of rotatable bonds is 10. The van der Waals surface area contributed by atoms with Gasteiger partial charge in [-0.15, -0.1) is 0 Å². The summed E-state index contributed by atoms with van der Waals surface area (Å²) in [5.41, 5.74) is 0.674. The molecule has 0 aliphatic carbocycles. The fourth-order valence-electron chi connectivity index (χ4n) is 2.68. The van der Waals surface area contributed by atoms with Gasteiger partial charge in [-0.2, -0.15) is 0 Å². The number of unbranched alkanes of at least 4 members (excludes halogenated alkanes) is 5. The molecule has 0 atom stereocenters. The molecule has 27 heavy (non-hydrogen) atoms. The second kappa shape index (κ2) is 11.1. The van der Waals surface area contributed by atoms with E-state index in [0.717, 1.165) is 19.3 Å². The molecule has 0 spiro atoms. The summed E-state index contributed by atoms with van der Waals surface area (Å²) in [5.74, 6) is -1.45. The van der Waals surface area contributed by atoms with Gasteiger partial charge in [0.05, 0.1) is 17.9 Å². The maximum absolute atomic E-state index is 13.7. The molecule has 4 nitrogen and oxygen atoms in total. The van der Waals surface area contributed by atoms with E-state index in [1.54, 1.807) is 30.3 Å². The Kier molecular flexibility index (Phi) is 8.49. The molecule has 0 bridgehead atoms. The highest BCUT2D eigenvalue weighted by molar-refractivity contribution is 6.05. The predicted molar refractivity (Wildman–Crippen MR) is 104 cm³/mol. The van der Waals surface area contributed by atoms with Gasteiger partial charge in [-0.25, -0.2) is 9.18 Å². The molecule has 0 saturated carbocycles. The minimum atomic E-state index is -0.514. The van der Waals surface area contributed by atoms with Crippen molar-refractivity contribution in [2.45, 2.75) is 45.4 Å². The fourth-order valence-corrected chi connectivity index (χ4v) is 2.68. The molecule has 0 fully saturated rings. The van der Waals surface area contributed by atoms with Gasteiger partial charge >= 0.3 is 5.97 Å². The first-order valence-electron chi connectivity index (χ1n) is 9.45. The van der Waals surface area contributed by atoms with Crippen LogP contribution in [0.25, 0.3) is 0 Å². The molecule has 0 heterocycles. The Balaban J connectivity index is 1.86. The lowest BCUT2D eigenvalue weighted by Gasteiger charge is -2.08. The van der Waals surface area contributed by atoms with Crippen LogP contribution in [0.15, 0.2) is 48.5 Å². The Morgan fingerprint density at radius 3 is 2.41 bits per heavy atom. The van der Waals surface area contributed by atoms with Crippen LogP contribution in [0.2, 0.25) is 0 Å². The standard InChI is InChI=1S/C22H26FNO3/c1-2-3-4-5-6-9-15-27-22(26)18-12-10-11-17(16-18)21(25)24-20-14-8-7-13-19(20)23/h7-8,10-14,16H,2-6,9,15H2,1H3,(H,24,25). The molecule has 2 aromatic rings. The molecule has 0 radical (unpaired) electrons. The molecular weight excluding hydrogens is 345 g/mol. The third-order valence-corrected chi connectivity index (χ3v) is 4.21. The van der Waals surface area contributed by atoms with Crippen molar-refractivity contribution in [2.24, 2.45) is 0 Å². The minimum Gasteiger partial charge on any atom is -0.462 e. The summed E-state index contributed by atoms with van der Waals surface area (Å²) in [7, 11) is 0. The molecule has 1 amide bonds. The Hall–Kier alpha value is -2.69. The Morgan fingerprint density at radius 1 is 0.926 bits per heavy atom. The number of benzene rings is 2. The molecular formula is C22H26FNO3. The highest BCUT2D eigenvalue weighted by Crippen LogP contribution is 2.15. The number of carbonyl (C=O) groups excluding carboxylic acids is 2. The summed E-state index contributed by atoms with van der Waals surface area (Å²) < 4.78 is 18.9. The number of nitrogens with one attached hydrogen (secondary N) is 1. The van der Waals surface area contributed by atoms with Crippen molar-refractivity contribution in [1.82, 2.24) is 0 Å². The fraction of sp³-hybridized carbons (Fsp3) is 0.364. The van der Waals surface area contributed by atoms with Gasteiger partial charge in [0, 0.05) is 5.56 Å². The average Bonchev–Trinajstić information content (AvgIpc) is 2.69. The summed E-state index contributed by atoms with van der Waals surface area (Å²) in [6, 6.07) is 12.2. The van der Waals surface area contributed by atoms with E-state index in [2.05, 4.69) is 12.2 Å². The molecule has 144 valence electrons. The smallest absolute Gasteiger partial charge is 0.338 e. The molecule has 1 N–H and O–H groups in total. The Morgan fingerprint density at radius 2 is 1.63 bits per heavy atom. The van der Waals surface area contributed by atoms with Crippen molar-refractivity contribution in [3.05, 3.63) is 65.5 Å². The summed E-state index contributed by atoms with van der Waals surface area (Å²) in [6.07, 6.45) is 6.68. The van der Waals surface area contributed by atoms with Gasteiger partial charge in [-0.05, 0) is 36.8 Å². The van der Waals surface area contributed by atoms with E-state index in [-0.39, 0.29) is 11.3 Å². The van der Waals surface area contributed by atoms with Crippen LogP contribution in [0.3, 0.4) is 0 Å². The molecule has 5 heteroatoms. The van der Waals surface area contributed by atoms with Crippen LogP contribution in [0.4, 0.5) is 10.1 Å². The van der Waals surface area contributed by atoms with E-state index in [1.807, 2.05) is 0 Å². The maximum Gasteiger partial charge on any atom is 0.338 e. The quantitative estimate of drug-likeness (QED) is 0.437. The summed E-state index contributed by atoms with van der Waals surface area (Å²) in [6.45, 7) is 2.54. The van der Waals surface area contributed by atoms with Crippen molar-refractivity contribution < 1.29 is 18.7 Å². The molecule has 0 unspecified atom stereocenters. The van der Waals surface area contributed by atoms with Crippen LogP contribution in [-0.4, -0.2) is 18.5 Å². The number of ether oxygens (including phenoxy) is 1. The second-order valence-electron chi connectivity index (χ2n) is 6.42. The van der Waals surface area contributed by atoms with Crippen LogP contribution in [0.5, 0.6) is 0 Å². The zero-order valence-electron chi connectivity index (χ0n) is 15.7. The SMILES string of the molecule is CCCCCCCCOC(=O)c1cccc(C(=O)Nc2ccccc2F)c1. The Bertz CT molecular complexity index is 761. The lowest BCUT2D eigenvalue weighted by atomic mass is 10.1. The van der Waals surface area contributed by atoms with Gasteiger partial charge < -0.3 is 10.1 Å². The molecule has 2 rings (SSSR count). The highest BCUT2D eigenvalue weighted by Gasteiger charge is 2.13. The second-order valence-corrected chi connectivity index (χ2v) is 6.42. The largest absolute Gasteiger partial charge is 0.462 e. The number of carbonyl (C=O) groups is 2. The predicted octanol–water partition coefficient (Wildman–Crippen LogP) is 5.60. The number of anilines is 1. The number of esters is 1. The zero-order valence-corrected chi connectivity index (χ0v) is 15.7. The molecule has 0 aliphatic heterocycles. The summed E-state index contributed by atoms with van der Waals surface area (Å²) in [5, 5.41) is 2.50. The highest BCUT2D eigenvalue weighted by atomic mass is 19.1. The first-order valence-corrected chi connectivity index (χ1v) is 9.45. The Labute approximate surface area is 159 Å². The number of halogens is 1. The van der Waals surface area contributed by atoms with Crippen molar-refractivity contribution in [2.75, 3.05) is 11.9 Å². The minimum absolute atomic E-state index is 0.0959. The van der Waals surface area contributed by atoms with Crippen molar-refractivity contribution in [3.63, 3.8) is 0 Å². The van der Waals surface area contributed by atoms with E-state index >= 15 is 0 Å². The molecule has 0 aliphatic rings. The molecule has 0 aromatic heterocycles. The van der Waals surface area contributed by atoms with Gasteiger partial charge in [0.25, 0.3) is 5.91 Å². The lowest BCUT2D eigenvalue weighted by molar-refractivity contribution is 0.0497. The van der Waals surface area contributed by atoms with Crippen LogP contribution >= 0.6 is 0 Å². The first kappa shape index (κ1) is 20.6. The summed E-state index contributed by atoms with van der Waals surface area (Å²) in [4.78, 5) is 24.4. The first-order chi connectivity index (χ1) is 13.1. The van der Waals surface area contributed by atoms with E-state index in [9.17, 15) is 14.0 Å². The summed E-state index contributed by atoms with van der Waals surface area (Å²) >= 11 is 0. The van der Waals surface area contributed by atoms with Crippen LogP contribution < -0.4 is 5.32 Å². The molecule has 2 aromatic carbocycles. The van der Waals surface area contributed by atoms with E-state index in [1.165, 1.54) is 37.5 Å². The van der Waals surface area contributed by atoms with Crippen molar-refractivity contribution in [3.8, 4) is 0 Å². The normalized spacial score (nSPS) is 10.4. The van der Waals surface area contributed by atoms with Crippen LogP contribution in [-0.2, 0) is 4.74 Å². The van der Waals surface area contributed by atoms with Crippen molar-refractivity contribution >= 4 is 17.6 Å². The topological polar surface area (TPSA) is 55.4 Å². The number of hydrogen-bond donors (Lipinski definition) is 1. The van der Waals surface area contributed by atoms with Gasteiger partial charge in [-0.1, -0.05) is 57.2 Å². The van der Waals surface area contributed by atoms with E-state index in [4.69, 9.17) is 4.74 Å². The van der Waals surface area contributed by atoms with Crippen LogP contribution in [0, 0.1) is 5.82 Å². The van der Waals surface area contributed by atoms with Gasteiger partial charge in [-0.3, -0.25) is 4.79 Å². The van der Waals surface area contributed by atoms with Crippen molar-refractivity contribution in [1.29, 1.82) is 0 Å². The monoisotopic (exact) mass is 371 g/mol. The van der Waals surface area contributed by atoms with Crippen LogP contribution in [0.1, 0.15) is 66.2 Å². The number of para-hydroxylation sites is 1. The van der Waals surface area contributed by atoms with Gasteiger partial charge in [0.2, 0.25) is 0 Å². The van der Waals surface area contributed by atoms with Gasteiger partial charge in [0.1, 0.15) is 5.82 Å². The number of hydrogen-bond acceptors (Lipinski definition) is 3. The zero-order chi connectivity index (χ0) is 19.5.